The van der Waals surface area contributed by atoms with E-state index in [9.17, 15) is 0 Å². The molecule has 2 aromatic heterocycles. The Morgan fingerprint density at radius 3 is 2.85 bits per heavy atom. The van der Waals surface area contributed by atoms with Crippen LogP contribution >= 0.6 is 11.6 Å². The van der Waals surface area contributed by atoms with E-state index in [1.165, 1.54) is 0 Å². The molecule has 0 bridgehead atoms. The molecule has 0 unspecified atom stereocenters. The molecule has 0 saturated carbocycles. The summed E-state index contributed by atoms with van der Waals surface area (Å²) in [5, 5.41) is 5.80. The normalized spacial score (nSPS) is 11.4. The topological polar surface area (TPSA) is 30.7 Å². The van der Waals surface area contributed by atoms with Crippen LogP contribution in [0.5, 0.6) is 0 Å². The first-order valence-electron chi connectivity index (χ1n) is 4.17. The van der Waals surface area contributed by atoms with Crippen LogP contribution in [-0.4, -0.2) is 14.8 Å². The zero-order valence-corrected chi connectivity index (χ0v) is 8.28. The van der Waals surface area contributed by atoms with Crippen LogP contribution in [0.2, 0.25) is 5.15 Å². The van der Waals surface area contributed by atoms with Crippen molar-refractivity contribution in [3.8, 4) is 0 Å². The number of halogens is 1. The molecule has 0 atom stereocenters. The molecule has 2 heterocycles. The van der Waals surface area contributed by atoms with E-state index in [0.717, 1.165) is 10.9 Å². The van der Waals surface area contributed by atoms with E-state index in [2.05, 4.69) is 23.9 Å². The van der Waals surface area contributed by atoms with Crippen LogP contribution in [-0.2, 0) is 0 Å². The number of aromatic nitrogens is 3. The molecule has 3 nitrogen and oxygen atoms in total. The summed E-state index contributed by atoms with van der Waals surface area (Å²) in [5.41, 5.74) is 1.03. The molecule has 13 heavy (non-hydrogen) atoms. The summed E-state index contributed by atoms with van der Waals surface area (Å²) in [6.45, 7) is 4.17. The van der Waals surface area contributed by atoms with E-state index in [1.54, 1.807) is 6.20 Å². The van der Waals surface area contributed by atoms with Crippen molar-refractivity contribution in [2.75, 3.05) is 0 Å². The molecule has 0 aliphatic carbocycles. The molecular weight excluding hydrogens is 186 g/mol. The van der Waals surface area contributed by atoms with Gasteiger partial charge >= 0.3 is 0 Å². The van der Waals surface area contributed by atoms with Gasteiger partial charge in [0, 0.05) is 11.4 Å². The third-order valence-corrected chi connectivity index (χ3v) is 2.14. The van der Waals surface area contributed by atoms with Crippen LogP contribution in [0.15, 0.2) is 18.5 Å². The van der Waals surface area contributed by atoms with Crippen LogP contribution in [0.3, 0.4) is 0 Å². The fourth-order valence-corrected chi connectivity index (χ4v) is 1.50. The summed E-state index contributed by atoms with van der Waals surface area (Å²) >= 11 is 5.76. The lowest BCUT2D eigenvalue weighted by Crippen LogP contribution is -2.01. The molecule has 0 N–H and O–H groups in total. The van der Waals surface area contributed by atoms with Gasteiger partial charge in [-0.15, -0.1) is 0 Å². The summed E-state index contributed by atoms with van der Waals surface area (Å²) in [5.74, 6) is 0. The van der Waals surface area contributed by atoms with Gasteiger partial charge in [0.05, 0.1) is 17.9 Å². The Hall–Kier alpha value is -1.09. The lowest BCUT2D eigenvalue weighted by molar-refractivity contribution is 0.550. The highest BCUT2D eigenvalue weighted by atomic mass is 35.5. The summed E-state index contributed by atoms with van der Waals surface area (Å²) in [4.78, 5) is 4.03. The van der Waals surface area contributed by atoms with Gasteiger partial charge < -0.3 is 0 Å². The highest BCUT2D eigenvalue weighted by Gasteiger charge is 2.05. The minimum absolute atomic E-state index is 0.348. The maximum Gasteiger partial charge on any atom is 0.129 e. The van der Waals surface area contributed by atoms with Crippen molar-refractivity contribution in [2.24, 2.45) is 0 Å². The predicted octanol–water partition coefficient (Wildman–Crippen LogP) is 2.67. The van der Waals surface area contributed by atoms with Crippen molar-refractivity contribution >= 4 is 22.5 Å². The highest BCUT2D eigenvalue weighted by Crippen LogP contribution is 2.18. The number of nitrogens with zero attached hydrogens (tertiary/aromatic N) is 3. The van der Waals surface area contributed by atoms with E-state index in [1.807, 2.05) is 16.9 Å². The quantitative estimate of drug-likeness (QED) is 0.655. The SMILES string of the molecule is CC(C)n1ncc2cc(Cl)ncc21. The second-order valence-corrected chi connectivity index (χ2v) is 3.64. The Morgan fingerprint density at radius 2 is 2.15 bits per heavy atom. The number of pyridine rings is 1. The van der Waals surface area contributed by atoms with Crippen molar-refractivity contribution in [2.45, 2.75) is 19.9 Å². The zero-order valence-electron chi connectivity index (χ0n) is 7.53. The van der Waals surface area contributed by atoms with E-state index in [0.29, 0.717) is 11.2 Å². The van der Waals surface area contributed by atoms with Gasteiger partial charge in [-0.25, -0.2) is 4.98 Å². The van der Waals surface area contributed by atoms with Crippen molar-refractivity contribution < 1.29 is 0 Å². The number of rotatable bonds is 1. The maximum atomic E-state index is 5.76. The number of hydrogen-bond acceptors (Lipinski definition) is 2. The smallest absolute Gasteiger partial charge is 0.129 e. The van der Waals surface area contributed by atoms with E-state index in [4.69, 9.17) is 11.6 Å². The molecule has 0 amide bonds. The average molecular weight is 196 g/mol. The van der Waals surface area contributed by atoms with Gasteiger partial charge in [0.1, 0.15) is 5.15 Å². The van der Waals surface area contributed by atoms with Crippen molar-refractivity contribution in [3.63, 3.8) is 0 Å². The van der Waals surface area contributed by atoms with Crippen LogP contribution in [0.1, 0.15) is 19.9 Å². The first-order chi connectivity index (χ1) is 6.18. The maximum absolute atomic E-state index is 5.76. The predicted molar refractivity (Wildman–Crippen MR) is 52.9 cm³/mol. The minimum Gasteiger partial charge on any atom is -0.261 e. The Labute approximate surface area is 81.3 Å². The fraction of sp³-hybridized carbons (Fsp3) is 0.333. The highest BCUT2D eigenvalue weighted by molar-refractivity contribution is 6.30. The fourth-order valence-electron chi connectivity index (χ4n) is 1.33. The molecule has 2 aromatic rings. The van der Waals surface area contributed by atoms with E-state index < -0.39 is 0 Å². The molecule has 68 valence electrons. The second-order valence-electron chi connectivity index (χ2n) is 3.25. The molecule has 2 rings (SSSR count). The van der Waals surface area contributed by atoms with Crippen LogP contribution in [0.4, 0.5) is 0 Å². The Balaban J connectivity index is 2.69. The third-order valence-electron chi connectivity index (χ3n) is 1.94. The summed E-state index contributed by atoms with van der Waals surface area (Å²) < 4.78 is 1.93. The third kappa shape index (κ3) is 1.40. The molecule has 0 fully saturated rings. The largest absolute Gasteiger partial charge is 0.261 e. The van der Waals surface area contributed by atoms with Gasteiger partial charge in [-0.3, -0.25) is 4.68 Å². The molecule has 0 aromatic carbocycles. The van der Waals surface area contributed by atoms with Crippen LogP contribution < -0.4 is 0 Å². The summed E-state index contributed by atoms with van der Waals surface area (Å²) in [6.07, 6.45) is 3.56. The molecular formula is C9H10ClN3. The number of hydrogen-bond donors (Lipinski definition) is 0. The minimum atomic E-state index is 0.348. The molecule has 0 aliphatic heterocycles. The molecule has 4 heteroatoms. The lowest BCUT2D eigenvalue weighted by Gasteiger charge is -2.05. The Kier molecular flexibility index (Phi) is 1.96. The second kappa shape index (κ2) is 3.00. The van der Waals surface area contributed by atoms with Crippen molar-refractivity contribution in [3.05, 3.63) is 23.6 Å². The molecule has 0 saturated heterocycles. The zero-order chi connectivity index (χ0) is 9.42. The summed E-state index contributed by atoms with van der Waals surface area (Å²) in [6, 6.07) is 2.17. The van der Waals surface area contributed by atoms with Crippen LogP contribution in [0, 0.1) is 0 Å². The Morgan fingerprint density at radius 1 is 1.38 bits per heavy atom. The van der Waals surface area contributed by atoms with Crippen molar-refractivity contribution in [1.29, 1.82) is 0 Å². The molecule has 0 spiro atoms. The first kappa shape index (κ1) is 8.51. The van der Waals surface area contributed by atoms with Gasteiger partial charge in [-0.2, -0.15) is 5.10 Å². The van der Waals surface area contributed by atoms with Gasteiger partial charge in [0.15, 0.2) is 0 Å². The molecule has 0 radical (unpaired) electrons. The van der Waals surface area contributed by atoms with Crippen molar-refractivity contribution in [1.82, 2.24) is 14.8 Å². The van der Waals surface area contributed by atoms with Gasteiger partial charge in [-0.05, 0) is 19.9 Å². The van der Waals surface area contributed by atoms with Gasteiger partial charge in [0.25, 0.3) is 0 Å². The van der Waals surface area contributed by atoms with E-state index in [-0.39, 0.29) is 0 Å². The standard InChI is InChI=1S/C9H10ClN3/c1-6(2)13-8-5-11-9(10)3-7(8)4-12-13/h3-6H,1-2H3. The average Bonchev–Trinajstić information content (AvgIpc) is 2.46. The van der Waals surface area contributed by atoms with Crippen LogP contribution in [0.25, 0.3) is 10.9 Å². The van der Waals surface area contributed by atoms with Gasteiger partial charge in [-0.1, -0.05) is 11.6 Å². The number of fused-ring (bicyclic) bond motifs is 1. The first-order valence-corrected chi connectivity index (χ1v) is 4.55. The lowest BCUT2D eigenvalue weighted by atomic mass is 10.3. The monoisotopic (exact) mass is 195 g/mol. The molecule has 0 aliphatic rings. The van der Waals surface area contributed by atoms with E-state index >= 15 is 0 Å². The summed E-state index contributed by atoms with van der Waals surface area (Å²) in [7, 11) is 0. The Bertz CT molecular complexity index is 433. The van der Waals surface area contributed by atoms with Gasteiger partial charge in [0.2, 0.25) is 0 Å².